The summed E-state index contributed by atoms with van der Waals surface area (Å²) in [6.07, 6.45) is 1.33. The molecule has 1 aromatic carbocycles. The maximum absolute atomic E-state index is 6.09. The molecular weight excluding hydrogens is 540 g/mol. The van der Waals surface area contributed by atoms with E-state index in [-0.39, 0.29) is 0 Å². The Morgan fingerprint density at radius 1 is 1.16 bits per heavy atom. The fourth-order valence-corrected chi connectivity index (χ4v) is 3.64. The van der Waals surface area contributed by atoms with E-state index in [1.165, 1.54) is 11.8 Å². The number of anilines is 1. The molecule has 0 aliphatic carbocycles. The van der Waals surface area contributed by atoms with Crippen LogP contribution in [0.2, 0.25) is 0 Å². The van der Waals surface area contributed by atoms with E-state index in [9.17, 15) is 0 Å². The monoisotopic (exact) mass is 546 g/mol. The quantitative estimate of drug-likeness (QED) is 0.415. The molecule has 0 amide bonds. The van der Waals surface area contributed by atoms with Gasteiger partial charge < -0.3 is 14.5 Å². The van der Waals surface area contributed by atoms with E-state index in [1.54, 1.807) is 0 Å². The molecule has 2 aromatic heterocycles. The lowest BCUT2D eigenvalue weighted by atomic mass is 10.1. The van der Waals surface area contributed by atoms with E-state index >= 15 is 0 Å². The first-order valence-corrected chi connectivity index (χ1v) is 10.6. The molecule has 3 heterocycles. The highest BCUT2D eigenvalue weighted by Gasteiger charge is 2.28. The Morgan fingerprint density at radius 2 is 2.00 bits per heavy atom. The van der Waals surface area contributed by atoms with Crippen molar-refractivity contribution in [3.8, 4) is 17.1 Å². The number of hydrogen-bond donors (Lipinski definition) is 1. The fraction of sp³-hybridized carbons (Fsp3) is 0.133. The number of fused-ring (bicyclic) bond motifs is 3. The fourth-order valence-electron chi connectivity index (χ4n) is 2.38. The van der Waals surface area contributed by atoms with Gasteiger partial charge >= 0.3 is 0 Å². The number of nitrogens with one attached hydrogen (secondary N) is 1. The number of aromatic nitrogens is 3. The third kappa shape index (κ3) is 3.32. The number of halogens is 3. The number of hydrogen-bond acceptors (Lipinski definition) is 7. The van der Waals surface area contributed by atoms with Gasteiger partial charge in [0.25, 0.3) is 0 Å². The number of thioether (sulfide) groups is 1. The molecule has 0 bridgehead atoms. The number of rotatable bonds is 2. The first-order valence-electron chi connectivity index (χ1n) is 7.01. The molecule has 1 aliphatic rings. The molecular formula is C15H9Br3N4O2S. The van der Waals surface area contributed by atoms with E-state index in [2.05, 4.69) is 68.3 Å². The van der Waals surface area contributed by atoms with Gasteiger partial charge in [0.1, 0.15) is 0 Å². The van der Waals surface area contributed by atoms with Gasteiger partial charge in [-0.1, -0.05) is 27.7 Å². The van der Waals surface area contributed by atoms with Crippen LogP contribution in [0.25, 0.3) is 11.3 Å². The predicted molar refractivity (Wildman–Crippen MR) is 106 cm³/mol. The third-order valence-corrected chi connectivity index (χ3v) is 6.23. The molecule has 0 spiro atoms. The SMILES string of the molecule is CSc1nnc2c(n1)O[C@H](c1cc(Br)c(Br)o1)Nc1ccc(Br)cc1-2. The maximum Gasteiger partial charge on any atom is 0.247 e. The Balaban J connectivity index is 1.88. The summed E-state index contributed by atoms with van der Waals surface area (Å²) >= 11 is 11.7. The van der Waals surface area contributed by atoms with E-state index in [1.807, 2.05) is 30.5 Å². The standard InChI is InChI=1S/C15H9Br3N4O2S/c1-25-15-20-14-11(21-22-15)7-4-6(16)2-3-9(7)19-13(24-14)10-5-8(17)12(18)23-10/h2-5,13,19H,1H3/t13-/m1/s1. The lowest BCUT2D eigenvalue weighted by Gasteiger charge is -2.16. The minimum Gasteiger partial charge on any atom is -0.447 e. The lowest BCUT2D eigenvalue weighted by Crippen LogP contribution is -2.16. The molecule has 3 aromatic rings. The molecule has 4 rings (SSSR count). The summed E-state index contributed by atoms with van der Waals surface area (Å²) in [4.78, 5) is 4.47. The van der Waals surface area contributed by atoms with Crippen LogP contribution in [-0.4, -0.2) is 21.4 Å². The number of furan rings is 1. The van der Waals surface area contributed by atoms with Crippen LogP contribution < -0.4 is 10.1 Å². The van der Waals surface area contributed by atoms with Crippen LogP contribution in [0.3, 0.4) is 0 Å². The van der Waals surface area contributed by atoms with Gasteiger partial charge in [-0.2, -0.15) is 4.98 Å². The lowest BCUT2D eigenvalue weighted by molar-refractivity contribution is 0.194. The van der Waals surface area contributed by atoms with Gasteiger partial charge in [0.15, 0.2) is 16.1 Å². The van der Waals surface area contributed by atoms with Gasteiger partial charge in [-0.05, 0) is 56.3 Å². The van der Waals surface area contributed by atoms with Crippen LogP contribution >= 0.6 is 59.6 Å². The molecule has 6 nitrogen and oxygen atoms in total. The van der Waals surface area contributed by atoms with Gasteiger partial charge in [0.2, 0.25) is 17.3 Å². The largest absolute Gasteiger partial charge is 0.447 e. The predicted octanol–water partition coefficient (Wildman–Crippen LogP) is 5.64. The van der Waals surface area contributed by atoms with Crippen LogP contribution in [-0.2, 0) is 0 Å². The smallest absolute Gasteiger partial charge is 0.247 e. The molecule has 0 saturated carbocycles. The van der Waals surface area contributed by atoms with Crippen LogP contribution in [0, 0.1) is 0 Å². The van der Waals surface area contributed by atoms with Crippen molar-refractivity contribution in [2.75, 3.05) is 11.6 Å². The van der Waals surface area contributed by atoms with Crippen molar-refractivity contribution >= 4 is 65.2 Å². The van der Waals surface area contributed by atoms with E-state index < -0.39 is 6.23 Å². The topological polar surface area (TPSA) is 73.1 Å². The van der Waals surface area contributed by atoms with Gasteiger partial charge in [0, 0.05) is 21.8 Å². The van der Waals surface area contributed by atoms with Crippen molar-refractivity contribution in [2.24, 2.45) is 0 Å². The highest BCUT2D eigenvalue weighted by atomic mass is 79.9. The second kappa shape index (κ2) is 6.90. The summed E-state index contributed by atoms with van der Waals surface area (Å²) in [7, 11) is 0. The molecule has 0 radical (unpaired) electrons. The maximum atomic E-state index is 6.09. The molecule has 0 unspecified atom stereocenters. The van der Waals surface area contributed by atoms with Crippen molar-refractivity contribution in [1.29, 1.82) is 0 Å². The zero-order valence-electron chi connectivity index (χ0n) is 12.6. The Labute approximate surface area is 172 Å². The summed E-state index contributed by atoms with van der Waals surface area (Å²) in [6, 6.07) is 7.69. The Bertz CT molecular complexity index is 946. The van der Waals surface area contributed by atoms with Crippen LogP contribution in [0.5, 0.6) is 5.88 Å². The normalized spacial score (nSPS) is 15.6. The summed E-state index contributed by atoms with van der Waals surface area (Å²) in [5, 5.41) is 12.3. The Hall–Kier alpha value is -1.10. The number of benzene rings is 1. The van der Waals surface area contributed by atoms with E-state index in [4.69, 9.17) is 9.15 Å². The molecule has 25 heavy (non-hydrogen) atoms. The highest BCUT2D eigenvalue weighted by molar-refractivity contribution is 9.13. The average Bonchev–Trinajstić information content (AvgIpc) is 2.85. The Kier molecular flexibility index (Phi) is 4.78. The molecule has 1 aliphatic heterocycles. The van der Waals surface area contributed by atoms with Crippen molar-refractivity contribution in [2.45, 2.75) is 11.4 Å². The molecule has 0 fully saturated rings. The zero-order valence-corrected chi connectivity index (χ0v) is 18.2. The zero-order chi connectivity index (χ0) is 17.6. The van der Waals surface area contributed by atoms with Gasteiger partial charge in [-0.25, -0.2) is 0 Å². The minimum absolute atomic E-state index is 0.400. The van der Waals surface area contributed by atoms with Crippen molar-refractivity contribution in [3.63, 3.8) is 0 Å². The minimum atomic E-state index is -0.560. The summed E-state index contributed by atoms with van der Waals surface area (Å²) in [5.41, 5.74) is 2.28. The molecule has 128 valence electrons. The van der Waals surface area contributed by atoms with E-state index in [0.29, 0.717) is 27.2 Å². The van der Waals surface area contributed by atoms with Crippen molar-refractivity contribution < 1.29 is 9.15 Å². The van der Waals surface area contributed by atoms with Crippen LogP contribution in [0.1, 0.15) is 12.0 Å². The van der Waals surface area contributed by atoms with E-state index in [0.717, 1.165) is 20.2 Å². The summed E-state index contributed by atoms with van der Waals surface area (Å²) in [5.74, 6) is 1.00. The number of ether oxygens (including phenoxy) is 1. The van der Waals surface area contributed by atoms with Gasteiger partial charge in [-0.3, -0.25) is 0 Å². The number of nitrogens with zero attached hydrogens (tertiary/aromatic N) is 3. The summed E-state index contributed by atoms with van der Waals surface area (Å²) in [6.45, 7) is 0. The average molecular weight is 549 g/mol. The van der Waals surface area contributed by atoms with Crippen LogP contribution in [0.15, 0.2) is 47.5 Å². The summed E-state index contributed by atoms with van der Waals surface area (Å²) < 4.78 is 14.1. The molecule has 1 atom stereocenters. The van der Waals surface area contributed by atoms with Gasteiger partial charge in [-0.15, -0.1) is 10.2 Å². The molecule has 0 saturated heterocycles. The molecule has 1 N–H and O–H groups in total. The highest BCUT2D eigenvalue weighted by Crippen LogP contribution is 2.42. The first kappa shape index (κ1) is 17.3. The van der Waals surface area contributed by atoms with Crippen molar-refractivity contribution in [3.05, 3.63) is 43.6 Å². The van der Waals surface area contributed by atoms with Crippen molar-refractivity contribution in [1.82, 2.24) is 15.2 Å². The third-order valence-electron chi connectivity index (χ3n) is 3.49. The second-order valence-electron chi connectivity index (χ2n) is 5.05. The van der Waals surface area contributed by atoms with Gasteiger partial charge in [0.05, 0.1) is 4.47 Å². The first-order chi connectivity index (χ1) is 12.0. The second-order valence-corrected chi connectivity index (χ2v) is 8.32. The Morgan fingerprint density at radius 3 is 2.72 bits per heavy atom. The van der Waals surface area contributed by atoms with Crippen LogP contribution in [0.4, 0.5) is 5.69 Å². The molecule has 10 heteroatoms.